The molecule has 1 fully saturated rings. The number of carbonyl (C=O) groups is 2. The van der Waals surface area contributed by atoms with E-state index in [1.165, 1.54) is 4.90 Å². The van der Waals surface area contributed by atoms with Crippen molar-refractivity contribution in [1.29, 1.82) is 0 Å². The molecule has 0 spiro atoms. The molecule has 1 aromatic carbocycles. The summed E-state index contributed by atoms with van der Waals surface area (Å²) in [6.07, 6.45) is 2.28. The number of hydrogen-bond donors (Lipinski definition) is 1. The first-order chi connectivity index (χ1) is 9.94. The van der Waals surface area contributed by atoms with Gasteiger partial charge in [0.1, 0.15) is 5.54 Å². The zero-order chi connectivity index (χ0) is 15.6. The van der Waals surface area contributed by atoms with Gasteiger partial charge in [-0.2, -0.15) is 0 Å². The first kappa shape index (κ1) is 16.1. The molecule has 1 atom stereocenters. The fourth-order valence-electron chi connectivity index (χ4n) is 2.99. The molecule has 0 aromatic heterocycles. The van der Waals surface area contributed by atoms with Crippen LogP contribution in [0, 0.1) is 0 Å². The van der Waals surface area contributed by atoms with Crippen molar-refractivity contribution in [3.63, 3.8) is 0 Å². The van der Waals surface area contributed by atoms with Crippen molar-refractivity contribution in [2.45, 2.75) is 38.1 Å². The summed E-state index contributed by atoms with van der Waals surface area (Å²) in [5.41, 5.74) is -0.870. The van der Waals surface area contributed by atoms with E-state index in [0.29, 0.717) is 32.2 Å². The topological polar surface area (TPSA) is 57.6 Å². The minimum absolute atomic E-state index is 0.173. The fraction of sp³-hybridized carbons (Fsp3) is 0.467. The van der Waals surface area contributed by atoms with Crippen LogP contribution in [0.15, 0.2) is 18.2 Å². The Bertz CT molecular complexity index is 576. The first-order valence-electron chi connectivity index (χ1n) is 6.93. The molecule has 6 heteroatoms. The SMILES string of the molecule is CCCC1(C(=O)O)CCCN1C(=O)c1cccc(Cl)c1Cl. The van der Waals surface area contributed by atoms with Gasteiger partial charge in [-0.25, -0.2) is 4.79 Å². The van der Waals surface area contributed by atoms with Crippen LogP contribution >= 0.6 is 23.2 Å². The Kier molecular flexibility index (Phi) is 4.79. The number of amides is 1. The average molecular weight is 330 g/mol. The predicted molar refractivity (Wildman–Crippen MR) is 82.0 cm³/mol. The molecule has 1 unspecified atom stereocenters. The molecule has 0 bridgehead atoms. The van der Waals surface area contributed by atoms with Crippen LogP contribution in [-0.4, -0.2) is 34.0 Å². The number of carboxylic acid groups (broad SMARTS) is 1. The Hall–Kier alpha value is -1.26. The molecule has 21 heavy (non-hydrogen) atoms. The van der Waals surface area contributed by atoms with E-state index < -0.39 is 11.5 Å². The molecule has 1 amide bonds. The quantitative estimate of drug-likeness (QED) is 0.912. The number of aliphatic carboxylic acids is 1. The molecule has 1 aromatic rings. The number of rotatable bonds is 4. The van der Waals surface area contributed by atoms with Gasteiger partial charge in [0.05, 0.1) is 15.6 Å². The van der Waals surface area contributed by atoms with Gasteiger partial charge in [0, 0.05) is 6.54 Å². The monoisotopic (exact) mass is 329 g/mol. The van der Waals surface area contributed by atoms with Crippen LogP contribution < -0.4 is 0 Å². The Labute approximate surface area is 133 Å². The molecule has 1 saturated heterocycles. The molecule has 0 radical (unpaired) electrons. The maximum Gasteiger partial charge on any atom is 0.329 e. The second-order valence-electron chi connectivity index (χ2n) is 5.25. The molecular formula is C15H17Cl2NO3. The van der Waals surface area contributed by atoms with Crippen LogP contribution in [0.25, 0.3) is 0 Å². The lowest BCUT2D eigenvalue weighted by Gasteiger charge is -2.35. The third-order valence-corrected chi connectivity index (χ3v) is 4.80. The number of hydrogen-bond acceptors (Lipinski definition) is 2. The number of nitrogens with zero attached hydrogens (tertiary/aromatic N) is 1. The van der Waals surface area contributed by atoms with Crippen molar-refractivity contribution in [1.82, 2.24) is 4.90 Å². The molecule has 4 nitrogen and oxygen atoms in total. The Morgan fingerprint density at radius 1 is 1.38 bits per heavy atom. The van der Waals surface area contributed by atoms with Gasteiger partial charge in [0.25, 0.3) is 5.91 Å². The largest absolute Gasteiger partial charge is 0.479 e. The van der Waals surface area contributed by atoms with Gasteiger partial charge in [-0.05, 0) is 31.4 Å². The lowest BCUT2D eigenvalue weighted by atomic mass is 9.90. The summed E-state index contributed by atoms with van der Waals surface area (Å²) >= 11 is 12.0. The maximum atomic E-state index is 12.7. The summed E-state index contributed by atoms with van der Waals surface area (Å²) in [6.45, 7) is 2.34. The number of carbonyl (C=O) groups excluding carboxylic acids is 1. The fourth-order valence-corrected chi connectivity index (χ4v) is 3.37. The number of likely N-dealkylation sites (tertiary alicyclic amines) is 1. The molecule has 1 N–H and O–H groups in total. The summed E-state index contributed by atoms with van der Waals surface area (Å²) in [6, 6.07) is 4.81. The highest BCUT2D eigenvalue weighted by molar-refractivity contribution is 6.43. The zero-order valence-electron chi connectivity index (χ0n) is 11.7. The van der Waals surface area contributed by atoms with Crippen molar-refractivity contribution in [3.8, 4) is 0 Å². The van der Waals surface area contributed by atoms with E-state index in [9.17, 15) is 14.7 Å². The second-order valence-corrected chi connectivity index (χ2v) is 6.03. The zero-order valence-corrected chi connectivity index (χ0v) is 13.2. The number of benzene rings is 1. The number of carboxylic acids is 1. The van der Waals surface area contributed by atoms with Gasteiger partial charge >= 0.3 is 5.97 Å². The molecule has 0 saturated carbocycles. The van der Waals surface area contributed by atoms with Gasteiger partial charge in [-0.3, -0.25) is 4.79 Å². The van der Waals surface area contributed by atoms with Crippen LogP contribution in [0.2, 0.25) is 10.0 Å². The summed E-state index contributed by atoms with van der Waals surface area (Å²) in [5, 5.41) is 10.1. The van der Waals surface area contributed by atoms with Crippen molar-refractivity contribution < 1.29 is 14.7 Å². The van der Waals surface area contributed by atoms with E-state index in [1.807, 2.05) is 6.92 Å². The Morgan fingerprint density at radius 3 is 2.71 bits per heavy atom. The summed E-state index contributed by atoms with van der Waals surface area (Å²) < 4.78 is 0. The standard InChI is InChI=1S/C15H17Cl2NO3/c1-2-7-15(14(20)21)8-4-9-18(15)13(19)10-5-3-6-11(16)12(10)17/h3,5-6H,2,4,7-9H2,1H3,(H,20,21). The van der Waals surface area contributed by atoms with E-state index in [4.69, 9.17) is 23.2 Å². The molecule has 0 aliphatic carbocycles. The van der Waals surface area contributed by atoms with Gasteiger partial charge in [0.15, 0.2) is 0 Å². The summed E-state index contributed by atoms with van der Waals surface area (Å²) in [4.78, 5) is 25.9. The highest BCUT2D eigenvalue weighted by Gasteiger charge is 2.49. The predicted octanol–water partition coefficient (Wildman–Crippen LogP) is 3.85. The minimum Gasteiger partial charge on any atom is -0.479 e. The molecule has 1 heterocycles. The molecular weight excluding hydrogens is 313 g/mol. The van der Waals surface area contributed by atoms with Gasteiger partial charge in [-0.15, -0.1) is 0 Å². The van der Waals surface area contributed by atoms with Crippen molar-refractivity contribution in [3.05, 3.63) is 33.8 Å². The van der Waals surface area contributed by atoms with Crippen LogP contribution in [0.5, 0.6) is 0 Å². The molecule has 1 aliphatic heterocycles. The van der Waals surface area contributed by atoms with E-state index in [-0.39, 0.29) is 21.5 Å². The van der Waals surface area contributed by atoms with Gasteiger partial charge in [0.2, 0.25) is 0 Å². The van der Waals surface area contributed by atoms with E-state index in [2.05, 4.69) is 0 Å². The molecule has 114 valence electrons. The summed E-state index contributed by atoms with van der Waals surface area (Å²) in [5.74, 6) is -1.32. The highest BCUT2D eigenvalue weighted by atomic mass is 35.5. The molecule has 2 rings (SSSR count). The Morgan fingerprint density at radius 2 is 2.10 bits per heavy atom. The van der Waals surface area contributed by atoms with Crippen LogP contribution in [-0.2, 0) is 4.79 Å². The van der Waals surface area contributed by atoms with E-state index in [0.717, 1.165) is 0 Å². The van der Waals surface area contributed by atoms with Crippen molar-refractivity contribution in [2.75, 3.05) is 6.54 Å². The average Bonchev–Trinajstić information content (AvgIpc) is 2.86. The molecule has 1 aliphatic rings. The van der Waals surface area contributed by atoms with Crippen LogP contribution in [0.4, 0.5) is 0 Å². The van der Waals surface area contributed by atoms with Gasteiger partial charge in [-0.1, -0.05) is 42.6 Å². The summed E-state index contributed by atoms with van der Waals surface area (Å²) in [7, 11) is 0. The smallest absolute Gasteiger partial charge is 0.329 e. The number of halogens is 2. The lowest BCUT2D eigenvalue weighted by molar-refractivity contribution is -0.148. The third-order valence-electron chi connectivity index (χ3n) is 3.98. The maximum absolute atomic E-state index is 12.7. The van der Waals surface area contributed by atoms with Crippen molar-refractivity contribution in [2.24, 2.45) is 0 Å². The Balaban J connectivity index is 2.41. The normalized spacial score (nSPS) is 21.6. The van der Waals surface area contributed by atoms with Crippen LogP contribution in [0.3, 0.4) is 0 Å². The van der Waals surface area contributed by atoms with Crippen LogP contribution in [0.1, 0.15) is 43.0 Å². The lowest BCUT2D eigenvalue weighted by Crippen LogP contribution is -2.53. The van der Waals surface area contributed by atoms with E-state index in [1.54, 1.807) is 18.2 Å². The minimum atomic E-state index is -1.13. The first-order valence-corrected chi connectivity index (χ1v) is 7.69. The van der Waals surface area contributed by atoms with Crippen molar-refractivity contribution >= 4 is 35.1 Å². The third kappa shape index (κ3) is 2.74. The van der Waals surface area contributed by atoms with E-state index >= 15 is 0 Å². The highest BCUT2D eigenvalue weighted by Crippen LogP contribution is 2.37. The second kappa shape index (κ2) is 6.24. The van der Waals surface area contributed by atoms with Gasteiger partial charge < -0.3 is 10.0 Å².